The predicted octanol–water partition coefficient (Wildman–Crippen LogP) is 1.14. The fraction of sp³-hybridized carbons (Fsp3) is 0.167. The molecule has 0 saturated carbocycles. The minimum Gasteiger partial charge on any atom is -0.463 e. The maximum atomic E-state index is 4.85. The van der Waals surface area contributed by atoms with Gasteiger partial charge in [0.05, 0.1) is 6.26 Å². The Balaban J connectivity index is 2.57. The number of furan rings is 1. The highest BCUT2D eigenvalue weighted by molar-refractivity contribution is 5.74. The Morgan fingerprint density at radius 1 is 1.78 bits per heavy atom. The first-order valence-corrected chi connectivity index (χ1v) is 2.46. The van der Waals surface area contributed by atoms with E-state index >= 15 is 0 Å². The minimum absolute atomic E-state index is 0.567. The summed E-state index contributed by atoms with van der Waals surface area (Å²) < 4.78 is 4.85. The zero-order valence-electron chi connectivity index (χ0n) is 5.00. The molecule has 0 aromatic carbocycles. The van der Waals surface area contributed by atoms with Crippen LogP contribution in [0.1, 0.15) is 5.76 Å². The van der Waals surface area contributed by atoms with E-state index in [1.807, 2.05) is 0 Å². The molecular weight excluding hydrogens is 118 g/mol. The molecule has 3 heteroatoms. The zero-order chi connectivity index (χ0) is 6.53. The van der Waals surface area contributed by atoms with Gasteiger partial charge in [0.1, 0.15) is 7.11 Å². The average molecular weight is 124 g/mol. The zero-order valence-corrected chi connectivity index (χ0v) is 5.00. The first-order chi connectivity index (χ1) is 4.43. The molecule has 1 heterocycles. The van der Waals surface area contributed by atoms with Gasteiger partial charge in [0.15, 0.2) is 12.0 Å². The van der Waals surface area contributed by atoms with Gasteiger partial charge < -0.3 is 9.25 Å². The van der Waals surface area contributed by atoms with Crippen molar-refractivity contribution in [2.45, 2.75) is 0 Å². The lowest BCUT2D eigenvalue weighted by Crippen LogP contribution is -1.74. The van der Waals surface area contributed by atoms with Crippen molar-refractivity contribution >= 4 is 6.21 Å². The Morgan fingerprint density at radius 2 is 2.67 bits per heavy atom. The summed E-state index contributed by atoms with van der Waals surface area (Å²) in [6.45, 7) is 0. The van der Waals surface area contributed by atoms with Gasteiger partial charge in [0.2, 0.25) is 0 Å². The van der Waals surface area contributed by atoms with E-state index in [9.17, 15) is 0 Å². The number of nitrogens with zero attached hydrogens (tertiary/aromatic N) is 1. The Hall–Kier alpha value is -1.25. The molecule has 9 heavy (non-hydrogen) atoms. The Bertz CT molecular complexity index is 179. The smallest absolute Gasteiger partial charge is 0.178 e. The van der Waals surface area contributed by atoms with Crippen LogP contribution in [0.15, 0.2) is 28.0 Å². The van der Waals surface area contributed by atoms with Crippen LogP contribution in [0.2, 0.25) is 0 Å². The van der Waals surface area contributed by atoms with Crippen LogP contribution < -0.4 is 0 Å². The van der Waals surface area contributed by atoms with Crippen LogP contribution in [0.3, 0.4) is 0 Å². The molecule has 1 aromatic rings. The molecule has 1 aromatic heterocycles. The monoisotopic (exact) mass is 124 g/mol. The van der Waals surface area contributed by atoms with Crippen molar-refractivity contribution in [3.63, 3.8) is 0 Å². The number of rotatable bonds is 2. The quantitative estimate of drug-likeness (QED) is 0.437. The fourth-order valence-electron chi connectivity index (χ4n) is 0.433. The van der Waals surface area contributed by atoms with Crippen molar-refractivity contribution in [3.8, 4) is 0 Å². The second-order valence-electron chi connectivity index (χ2n) is 1.36. The number of hydrogen-bond donors (Lipinski definition) is 0. The van der Waals surface area contributed by atoms with Crippen LogP contribution in [-0.2, 0) is 4.84 Å². The van der Waals surface area contributed by atoms with Crippen LogP contribution in [-0.4, -0.2) is 13.3 Å². The summed E-state index contributed by atoms with van der Waals surface area (Å²) in [5.41, 5.74) is 0. The van der Waals surface area contributed by atoms with E-state index < -0.39 is 0 Å². The summed E-state index contributed by atoms with van der Waals surface area (Å²) in [5, 5.41) is 3.37. The average Bonchev–Trinajstić information content (AvgIpc) is 2.34. The van der Waals surface area contributed by atoms with E-state index in [1.165, 1.54) is 7.11 Å². The van der Waals surface area contributed by atoms with Crippen molar-refractivity contribution in [2.24, 2.45) is 5.16 Å². The second-order valence-corrected chi connectivity index (χ2v) is 1.36. The van der Waals surface area contributed by atoms with Gasteiger partial charge in [-0.2, -0.15) is 0 Å². The molecule has 0 N–H and O–H groups in total. The highest BCUT2D eigenvalue weighted by Gasteiger charge is 1.87. The van der Waals surface area contributed by atoms with Gasteiger partial charge in [-0.15, -0.1) is 0 Å². The predicted molar refractivity (Wildman–Crippen MR) is 32.3 cm³/mol. The lowest BCUT2D eigenvalue weighted by molar-refractivity contribution is 0.215. The summed E-state index contributed by atoms with van der Waals surface area (Å²) in [7, 11) is 1.45. The molecule has 0 unspecified atom stereocenters. The Kier molecular flexibility index (Phi) is 1.90. The molecule has 3 nitrogen and oxygen atoms in total. The van der Waals surface area contributed by atoms with Crippen molar-refractivity contribution < 1.29 is 9.25 Å². The summed E-state index contributed by atoms with van der Waals surface area (Å²) in [6, 6.07) is 3.50. The second kappa shape index (κ2) is 2.91. The molecule has 1 radical (unpaired) electrons. The van der Waals surface area contributed by atoms with Crippen molar-refractivity contribution in [1.82, 2.24) is 0 Å². The lowest BCUT2D eigenvalue weighted by Gasteiger charge is -1.80. The molecule has 0 saturated heterocycles. The third-order valence-corrected chi connectivity index (χ3v) is 0.768. The van der Waals surface area contributed by atoms with Gasteiger partial charge >= 0.3 is 0 Å². The van der Waals surface area contributed by atoms with Crippen LogP contribution in [0, 0.1) is 0 Å². The van der Waals surface area contributed by atoms with E-state index in [4.69, 9.17) is 4.42 Å². The highest BCUT2D eigenvalue weighted by Crippen LogP contribution is 1.94. The molecular formula is C6H6NO2. The standard InChI is InChI=1S/C6H6NO2/c1-8-7-5-6-3-2-4-9-6/h2-4H,1H3. The maximum Gasteiger partial charge on any atom is 0.178 e. The fourth-order valence-corrected chi connectivity index (χ4v) is 0.433. The van der Waals surface area contributed by atoms with Gasteiger partial charge in [0, 0.05) is 0 Å². The number of hydrogen-bond acceptors (Lipinski definition) is 3. The van der Waals surface area contributed by atoms with Crippen LogP contribution >= 0.6 is 0 Å². The molecule has 0 fully saturated rings. The highest BCUT2D eigenvalue weighted by atomic mass is 16.6. The SMILES string of the molecule is CO/N=[C]\c1ccco1. The largest absolute Gasteiger partial charge is 0.463 e. The van der Waals surface area contributed by atoms with E-state index in [1.54, 1.807) is 18.4 Å². The van der Waals surface area contributed by atoms with Crippen molar-refractivity contribution in [1.29, 1.82) is 0 Å². The van der Waals surface area contributed by atoms with Crippen molar-refractivity contribution in [2.75, 3.05) is 7.11 Å². The lowest BCUT2D eigenvalue weighted by atomic mass is 10.5. The van der Waals surface area contributed by atoms with Crippen LogP contribution in [0.25, 0.3) is 0 Å². The maximum absolute atomic E-state index is 4.85. The summed E-state index contributed by atoms with van der Waals surface area (Å²) in [5.74, 6) is 0.567. The summed E-state index contributed by atoms with van der Waals surface area (Å²) in [4.78, 5) is 4.37. The minimum atomic E-state index is 0.567. The van der Waals surface area contributed by atoms with E-state index in [2.05, 4.69) is 16.2 Å². The van der Waals surface area contributed by atoms with Gasteiger partial charge in [-0.05, 0) is 12.1 Å². The van der Waals surface area contributed by atoms with E-state index in [0.29, 0.717) is 5.76 Å². The molecule has 0 bridgehead atoms. The van der Waals surface area contributed by atoms with Crippen molar-refractivity contribution in [3.05, 3.63) is 24.2 Å². The topological polar surface area (TPSA) is 34.7 Å². The first-order valence-electron chi connectivity index (χ1n) is 2.46. The third kappa shape index (κ3) is 1.60. The van der Waals surface area contributed by atoms with E-state index in [-0.39, 0.29) is 0 Å². The molecule has 0 atom stereocenters. The van der Waals surface area contributed by atoms with Crippen LogP contribution in [0.4, 0.5) is 0 Å². The van der Waals surface area contributed by atoms with Crippen LogP contribution in [0.5, 0.6) is 0 Å². The molecule has 0 aliphatic carbocycles. The molecule has 47 valence electrons. The normalized spacial score (nSPS) is 10.3. The molecule has 0 aliphatic heterocycles. The first kappa shape index (κ1) is 5.88. The summed E-state index contributed by atoms with van der Waals surface area (Å²) in [6.07, 6.45) is 4.06. The van der Waals surface area contributed by atoms with Gasteiger partial charge in [-0.3, -0.25) is 0 Å². The molecule has 0 spiro atoms. The van der Waals surface area contributed by atoms with E-state index in [0.717, 1.165) is 0 Å². The molecule has 0 aliphatic rings. The third-order valence-electron chi connectivity index (χ3n) is 0.768. The van der Waals surface area contributed by atoms with Gasteiger partial charge in [-0.25, -0.2) is 0 Å². The Morgan fingerprint density at radius 3 is 3.22 bits per heavy atom. The van der Waals surface area contributed by atoms with Gasteiger partial charge in [0.25, 0.3) is 0 Å². The molecule has 0 amide bonds. The summed E-state index contributed by atoms with van der Waals surface area (Å²) >= 11 is 0. The van der Waals surface area contributed by atoms with Gasteiger partial charge in [-0.1, -0.05) is 5.16 Å². The Labute approximate surface area is 52.9 Å². The molecule has 1 rings (SSSR count).